The molecule has 0 bridgehead atoms. The smallest absolute Gasteiger partial charge is 0.349 e. The van der Waals surface area contributed by atoms with Gasteiger partial charge in [0.2, 0.25) is 0 Å². The molecule has 0 aliphatic carbocycles. The predicted octanol–water partition coefficient (Wildman–Crippen LogP) is 3.58. The first-order chi connectivity index (χ1) is 7.69. The molecule has 0 radical (unpaired) electrons. The molecule has 0 saturated heterocycles. The highest BCUT2D eigenvalue weighted by atomic mass is 32.1. The molecular weight excluding hydrogens is 224 g/mol. The molecule has 16 heavy (non-hydrogen) atoms. The van der Waals surface area contributed by atoms with Gasteiger partial charge in [-0.05, 0) is 18.9 Å². The van der Waals surface area contributed by atoms with Crippen LogP contribution in [0.15, 0.2) is 6.07 Å². The van der Waals surface area contributed by atoms with Crippen molar-refractivity contribution in [1.82, 2.24) is 0 Å². The summed E-state index contributed by atoms with van der Waals surface area (Å²) >= 11 is 1.31. The van der Waals surface area contributed by atoms with E-state index < -0.39 is 5.97 Å². The van der Waals surface area contributed by atoms with Gasteiger partial charge in [0, 0.05) is 4.88 Å². The molecular formula is C12H18O3S. The van der Waals surface area contributed by atoms with Crippen LogP contribution in [0.4, 0.5) is 0 Å². The Balaban J connectivity index is 2.62. The van der Waals surface area contributed by atoms with Crippen molar-refractivity contribution in [3.63, 3.8) is 0 Å². The lowest BCUT2D eigenvalue weighted by molar-refractivity contribution is 0.0698. The molecule has 0 fully saturated rings. The number of thiophene rings is 1. The van der Waals surface area contributed by atoms with Gasteiger partial charge in [0.25, 0.3) is 0 Å². The topological polar surface area (TPSA) is 46.5 Å². The van der Waals surface area contributed by atoms with E-state index in [-0.39, 0.29) is 0 Å². The van der Waals surface area contributed by atoms with Gasteiger partial charge < -0.3 is 9.84 Å². The molecule has 0 atom stereocenters. The maximum atomic E-state index is 11.0. The second-order valence-electron chi connectivity index (χ2n) is 3.62. The minimum atomic E-state index is -0.893. The van der Waals surface area contributed by atoms with Crippen molar-refractivity contribution >= 4 is 17.3 Å². The van der Waals surface area contributed by atoms with Crippen molar-refractivity contribution in [3.8, 4) is 5.75 Å². The van der Waals surface area contributed by atoms with Gasteiger partial charge >= 0.3 is 5.97 Å². The summed E-state index contributed by atoms with van der Waals surface area (Å²) in [6.07, 6.45) is 4.09. The second kappa shape index (κ2) is 6.53. The predicted molar refractivity (Wildman–Crippen MR) is 65.7 cm³/mol. The van der Waals surface area contributed by atoms with Crippen LogP contribution >= 0.6 is 11.3 Å². The van der Waals surface area contributed by atoms with E-state index in [0.717, 1.165) is 30.6 Å². The van der Waals surface area contributed by atoms with Crippen molar-refractivity contribution < 1.29 is 14.6 Å². The highest BCUT2D eigenvalue weighted by molar-refractivity contribution is 7.14. The summed E-state index contributed by atoms with van der Waals surface area (Å²) in [4.78, 5) is 12.4. The lowest BCUT2D eigenvalue weighted by Gasteiger charge is -2.04. The average molecular weight is 242 g/mol. The van der Waals surface area contributed by atoms with Gasteiger partial charge in [0.15, 0.2) is 4.88 Å². The molecule has 90 valence electrons. The molecule has 1 aromatic heterocycles. The van der Waals surface area contributed by atoms with Crippen LogP contribution in [0.5, 0.6) is 5.75 Å². The summed E-state index contributed by atoms with van der Waals surface area (Å²) in [6, 6.07) is 1.85. The third-order valence-corrected chi connectivity index (χ3v) is 3.55. The van der Waals surface area contributed by atoms with Crippen LogP contribution < -0.4 is 4.74 Å². The second-order valence-corrected chi connectivity index (χ2v) is 4.76. The van der Waals surface area contributed by atoms with E-state index in [0.29, 0.717) is 17.2 Å². The van der Waals surface area contributed by atoms with Crippen LogP contribution in [0.25, 0.3) is 0 Å². The Labute approximate surface area is 100 Å². The van der Waals surface area contributed by atoms with E-state index in [1.165, 1.54) is 11.3 Å². The molecule has 0 saturated carbocycles. The maximum Gasteiger partial charge on any atom is 0.349 e. The molecule has 0 aliphatic heterocycles. The van der Waals surface area contributed by atoms with Crippen LogP contribution in [-0.4, -0.2) is 17.7 Å². The Hall–Kier alpha value is -1.03. The van der Waals surface area contributed by atoms with E-state index in [1.807, 2.05) is 13.0 Å². The number of ether oxygens (including phenoxy) is 1. The molecule has 0 aromatic carbocycles. The van der Waals surface area contributed by atoms with Crippen molar-refractivity contribution in [1.29, 1.82) is 0 Å². The van der Waals surface area contributed by atoms with Crippen LogP contribution in [0.2, 0.25) is 0 Å². The lowest BCUT2D eigenvalue weighted by Crippen LogP contribution is -2.01. The first-order valence-electron chi connectivity index (χ1n) is 5.67. The van der Waals surface area contributed by atoms with Crippen LogP contribution in [0, 0.1) is 0 Å². The monoisotopic (exact) mass is 242 g/mol. The average Bonchev–Trinajstić information content (AvgIpc) is 2.68. The van der Waals surface area contributed by atoms with E-state index >= 15 is 0 Å². The minimum Gasteiger partial charge on any atom is -0.492 e. The number of carbonyl (C=O) groups is 1. The van der Waals surface area contributed by atoms with Crippen LogP contribution in [0.3, 0.4) is 0 Å². The van der Waals surface area contributed by atoms with E-state index in [9.17, 15) is 4.79 Å². The maximum absolute atomic E-state index is 11.0. The van der Waals surface area contributed by atoms with Gasteiger partial charge in [0.1, 0.15) is 5.75 Å². The number of carboxylic acids is 1. The zero-order chi connectivity index (χ0) is 12.0. The number of rotatable bonds is 7. The molecule has 1 aromatic rings. The Kier molecular flexibility index (Phi) is 5.32. The van der Waals surface area contributed by atoms with E-state index in [4.69, 9.17) is 9.84 Å². The van der Waals surface area contributed by atoms with Crippen LogP contribution in [0.1, 0.15) is 47.7 Å². The summed E-state index contributed by atoms with van der Waals surface area (Å²) < 4.78 is 5.51. The largest absolute Gasteiger partial charge is 0.492 e. The van der Waals surface area contributed by atoms with Gasteiger partial charge in [-0.1, -0.05) is 26.7 Å². The number of aromatic carboxylic acids is 1. The summed E-state index contributed by atoms with van der Waals surface area (Å²) in [5, 5.41) is 9.01. The quantitative estimate of drug-likeness (QED) is 0.743. The van der Waals surface area contributed by atoms with E-state index in [2.05, 4.69) is 6.92 Å². The summed E-state index contributed by atoms with van der Waals surface area (Å²) in [7, 11) is 0. The highest BCUT2D eigenvalue weighted by Crippen LogP contribution is 2.29. The first-order valence-corrected chi connectivity index (χ1v) is 6.49. The Bertz CT molecular complexity index is 344. The molecule has 4 heteroatoms. The minimum absolute atomic E-state index is 0.327. The third-order valence-electron chi connectivity index (χ3n) is 2.30. The number of aryl methyl sites for hydroxylation is 1. The highest BCUT2D eigenvalue weighted by Gasteiger charge is 2.15. The Morgan fingerprint density at radius 2 is 2.19 bits per heavy atom. The fourth-order valence-corrected chi connectivity index (χ4v) is 2.27. The number of carboxylic acid groups (broad SMARTS) is 1. The van der Waals surface area contributed by atoms with Gasteiger partial charge in [-0.3, -0.25) is 0 Å². The molecule has 3 nitrogen and oxygen atoms in total. The summed E-state index contributed by atoms with van der Waals surface area (Å²) in [5.74, 6) is -0.361. The van der Waals surface area contributed by atoms with Crippen molar-refractivity contribution in [3.05, 3.63) is 15.8 Å². The van der Waals surface area contributed by atoms with Crippen molar-refractivity contribution in [2.24, 2.45) is 0 Å². The zero-order valence-electron chi connectivity index (χ0n) is 9.78. The molecule has 1 N–H and O–H groups in total. The van der Waals surface area contributed by atoms with Crippen molar-refractivity contribution in [2.45, 2.75) is 39.5 Å². The SMILES string of the molecule is CCCCCOc1cc(CC)sc1C(=O)O. The Morgan fingerprint density at radius 1 is 1.44 bits per heavy atom. The fraction of sp³-hybridized carbons (Fsp3) is 0.583. The number of hydrogen-bond donors (Lipinski definition) is 1. The van der Waals surface area contributed by atoms with Gasteiger partial charge in [-0.25, -0.2) is 4.79 Å². The van der Waals surface area contributed by atoms with Gasteiger partial charge in [-0.15, -0.1) is 11.3 Å². The summed E-state index contributed by atoms with van der Waals surface area (Å²) in [5.41, 5.74) is 0. The van der Waals surface area contributed by atoms with E-state index in [1.54, 1.807) is 0 Å². The normalized spacial score (nSPS) is 10.4. The van der Waals surface area contributed by atoms with Crippen LogP contribution in [-0.2, 0) is 6.42 Å². The number of unbranched alkanes of at least 4 members (excludes halogenated alkanes) is 2. The van der Waals surface area contributed by atoms with Gasteiger partial charge in [0.05, 0.1) is 6.61 Å². The first kappa shape index (κ1) is 13.0. The van der Waals surface area contributed by atoms with Crippen molar-refractivity contribution in [2.75, 3.05) is 6.61 Å². The zero-order valence-corrected chi connectivity index (χ0v) is 10.6. The fourth-order valence-electron chi connectivity index (χ4n) is 1.39. The number of hydrogen-bond acceptors (Lipinski definition) is 3. The molecule has 0 spiro atoms. The standard InChI is InChI=1S/C12H18O3S/c1-3-5-6-7-15-10-8-9(4-2)16-11(10)12(13)14/h8H,3-7H2,1-2H3,(H,13,14). The third kappa shape index (κ3) is 3.52. The lowest BCUT2D eigenvalue weighted by atomic mass is 10.3. The molecule has 1 heterocycles. The Morgan fingerprint density at radius 3 is 2.75 bits per heavy atom. The molecule has 0 aliphatic rings. The summed E-state index contributed by atoms with van der Waals surface area (Å²) in [6.45, 7) is 4.74. The molecule has 0 unspecified atom stereocenters. The van der Waals surface area contributed by atoms with Gasteiger partial charge in [-0.2, -0.15) is 0 Å². The molecule has 0 amide bonds. The molecule has 1 rings (SSSR count).